The molecular formula is C21H19N3O2S. The largest absolute Gasteiger partial charge is 0.331 e. The quantitative estimate of drug-likeness (QED) is 0.537. The molecule has 0 saturated carbocycles. The van der Waals surface area contributed by atoms with Crippen LogP contribution in [-0.4, -0.2) is 15.5 Å². The smallest absolute Gasteiger partial charge is 0.246 e. The molecule has 0 atom stereocenters. The third kappa shape index (κ3) is 3.24. The van der Waals surface area contributed by atoms with Crippen molar-refractivity contribution >= 4 is 44.2 Å². The molecule has 0 aliphatic rings. The molecule has 4 rings (SSSR count). The fourth-order valence-corrected chi connectivity index (χ4v) is 4.05. The van der Waals surface area contributed by atoms with Gasteiger partial charge in [-0.05, 0) is 30.2 Å². The van der Waals surface area contributed by atoms with Gasteiger partial charge in [0.15, 0.2) is 10.6 Å². The number of carbonyl (C=O) groups is 1. The number of rotatable bonds is 4. The van der Waals surface area contributed by atoms with Crippen LogP contribution in [0, 0.1) is 0 Å². The van der Waals surface area contributed by atoms with Crippen LogP contribution in [0.2, 0.25) is 0 Å². The third-order valence-electron chi connectivity index (χ3n) is 4.54. The summed E-state index contributed by atoms with van der Waals surface area (Å²) in [6.07, 6.45) is 0. The van der Waals surface area contributed by atoms with Crippen molar-refractivity contribution in [3.8, 4) is 0 Å². The number of pyridine rings is 1. The van der Waals surface area contributed by atoms with Crippen molar-refractivity contribution < 1.29 is 4.79 Å². The molecular weight excluding hydrogens is 358 g/mol. The van der Waals surface area contributed by atoms with Crippen molar-refractivity contribution in [3.63, 3.8) is 0 Å². The molecule has 0 unspecified atom stereocenters. The predicted molar refractivity (Wildman–Crippen MR) is 111 cm³/mol. The zero-order valence-electron chi connectivity index (χ0n) is 15.1. The molecule has 0 fully saturated rings. The number of hydrogen-bond donors (Lipinski definition) is 1. The summed E-state index contributed by atoms with van der Waals surface area (Å²) in [5.74, 6) is 0.150. The number of amides is 1. The number of nitrogens with zero attached hydrogens (tertiary/aromatic N) is 2. The lowest BCUT2D eigenvalue weighted by Gasteiger charge is -2.14. The fourth-order valence-electron chi connectivity index (χ4n) is 3.16. The lowest BCUT2D eigenvalue weighted by molar-refractivity contribution is -0.116. The highest BCUT2D eigenvalue weighted by molar-refractivity contribution is 7.13. The lowest BCUT2D eigenvalue weighted by Crippen LogP contribution is -2.21. The van der Waals surface area contributed by atoms with E-state index in [9.17, 15) is 9.59 Å². The molecule has 1 amide bonds. The van der Waals surface area contributed by atoms with E-state index in [1.807, 2.05) is 46.3 Å². The first-order valence-corrected chi connectivity index (χ1v) is 9.68. The van der Waals surface area contributed by atoms with Gasteiger partial charge >= 0.3 is 0 Å². The van der Waals surface area contributed by atoms with Gasteiger partial charge < -0.3 is 9.88 Å². The second kappa shape index (κ2) is 6.96. The number of aromatic nitrogens is 2. The highest BCUT2D eigenvalue weighted by Gasteiger charge is 2.14. The molecule has 0 aliphatic heterocycles. The number of nitrogens with one attached hydrogen (secondary N) is 1. The number of thiazole rings is 1. The zero-order chi connectivity index (χ0) is 19.0. The third-order valence-corrected chi connectivity index (χ3v) is 5.32. The molecule has 0 saturated heterocycles. The van der Waals surface area contributed by atoms with E-state index >= 15 is 0 Å². The summed E-state index contributed by atoms with van der Waals surface area (Å²) in [5, 5.41) is 6.66. The van der Waals surface area contributed by atoms with Crippen LogP contribution < -0.4 is 10.7 Å². The number of carbonyl (C=O) groups excluding carboxylic acids is 1. The molecule has 0 radical (unpaired) electrons. The van der Waals surface area contributed by atoms with Gasteiger partial charge in [-0.15, -0.1) is 11.3 Å². The Morgan fingerprint density at radius 2 is 1.67 bits per heavy atom. The average Bonchev–Trinajstić information content (AvgIpc) is 3.14. The van der Waals surface area contributed by atoms with E-state index < -0.39 is 0 Å². The fraction of sp³-hybridized carbons (Fsp3) is 0.190. The second-order valence-electron chi connectivity index (χ2n) is 6.73. The first-order chi connectivity index (χ1) is 13.0. The van der Waals surface area contributed by atoms with Gasteiger partial charge in [0.2, 0.25) is 5.91 Å². The maximum absolute atomic E-state index is 12.8. The second-order valence-corrected chi connectivity index (χ2v) is 7.59. The minimum absolute atomic E-state index is 0.0145. The molecule has 2 aromatic heterocycles. The predicted octanol–water partition coefficient (Wildman–Crippen LogP) is 4.37. The maximum atomic E-state index is 12.8. The van der Waals surface area contributed by atoms with Crippen molar-refractivity contribution in [1.29, 1.82) is 0 Å². The summed E-state index contributed by atoms with van der Waals surface area (Å²) in [6, 6.07) is 14.8. The Labute approximate surface area is 160 Å². The van der Waals surface area contributed by atoms with E-state index in [0.29, 0.717) is 21.8 Å². The Balaban J connectivity index is 1.74. The summed E-state index contributed by atoms with van der Waals surface area (Å²) in [6.45, 7) is 4.25. The molecule has 6 heteroatoms. The Morgan fingerprint density at radius 1 is 1.07 bits per heavy atom. The van der Waals surface area contributed by atoms with Crippen molar-refractivity contribution in [2.45, 2.75) is 26.3 Å². The Hall–Kier alpha value is -2.99. The Morgan fingerprint density at radius 3 is 2.22 bits per heavy atom. The minimum atomic E-state index is -0.168. The molecule has 27 heavy (non-hydrogen) atoms. The van der Waals surface area contributed by atoms with Crippen LogP contribution >= 0.6 is 11.3 Å². The highest BCUT2D eigenvalue weighted by atomic mass is 32.1. The van der Waals surface area contributed by atoms with E-state index in [1.165, 1.54) is 11.3 Å². The van der Waals surface area contributed by atoms with Gasteiger partial charge in [0, 0.05) is 16.2 Å². The summed E-state index contributed by atoms with van der Waals surface area (Å²) in [5.41, 5.74) is 2.45. The number of para-hydroxylation sites is 2. The van der Waals surface area contributed by atoms with Gasteiger partial charge in [-0.3, -0.25) is 9.59 Å². The van der Waals surface area contributed by atoms with Crippen LogP contribution in [0.15, 0.2) is 58.7 Å². The molecule has 136 valence electrons. The van der Waals surface area contributed by atoms with E-state index in [4.69, 9.17) is 0 Å². The molecule has 1 N–H and O–H groups in total. The minimum Gasteiger partial charge on any atom is -0.331 e. The number of benzene rings is 2. The van der Waals surface area contributed by atoms with Crippen LogP contribution in [0.3, 0.4) is 0 Å². The Kier molecular flexibility index (Phi) is 4.49. The van der Waals surface area contributed by atoms with Gasteiger partial charge in [-0.1, -0.05) is 38.1 Å². The van der Waals surface area contributed by atoms with Crippen molar-refractivity contribution in [3.05, 3.63) is 69.8 Å². The first kappa shape index (κ1) is 17.4. The average molecular weight is 377 g/mol. The molecule has 0 aliphatic carbocycles. The van der Waals surface area contributed by atoms with Gasteiger partial charge in [-0.25, -0.2) is 4.98 Å². The normalized spacial score (nSPS) is 11.4. The summed E-state index contributed by atoms with van der Waals surface area (Å²) >= 11 is 1.42. The zero-order valence-corrected chi connectivity index (χ0v) is 15.9. The Bertz CT molecular complexity index is 1150. The molecule has 5 nitrogen and oxygen atoms in total. The lowest BCUT2D eigenvalue weighted by atomic mass is 10.1. The molecule has 2 heterocycles. The molecule has 0 bridgehead atoms. The monoisotopic (exact) mass is 377 g/mol. The standard InChI is InChI=1S/C21H19N3O2S/c1-13(2)16-12-27-21(22-16)23-19(25)11-24-17-9-5-3-7-14(17)20(26)15-8-4-6-10-18(15)24/h3-10,12-13H,11H2,1-2H3,(H,22,23,25). The summed E-state index contributed by atoms with van der Waals surface area (Å²) < 4.78 is 1.89. The molecule has 0 spiro atoms. The van der Waals surface area contributed by atoms with Crippen LogP contribution in [0.1, 0.15) is 25.5 Å². The summed E-state index contributed by atoms with van der Waals surface area (Å²) in [7, 11) is 0. The summed E-state index contributed by atoms with van der Waals surface area (Å²) in [4.78, 5) is 29.9. The van der Waals surface area contributed by atoms with Gasteiger partial charge in [0.1, 0.15) is 6.54 Å². The topological polar surface area (TPSA) is 64.0 Å². The maximum Gasteiger partial charge on any atom is 0.246 e. The number of fused-ring (bicyclic) bond motifs is 2. The van der Waals surface area contributed by atoms with Crippen molar-refractivity contribution in [1.82, 2.24) is 9.55 Å². The van der Waals surface area contributed by atoms with Crippen LogP contribution in [0.25, 0.3) is 21.8 Å². The van der Waals surface area contributed by atoms with Crippen LogP contribution in [0.5, 0.6) is 0 Å². The van der Waals surface area contributed by atoms with Gasteiger partial charge in [0.05, 0.1) is 16.7 Å². The van der Waals surface area contributed by atoms with Crippen molar-refractivity contribution in [2.75, 3.05) is 5.32 Å². The van der Waals surface area contributed by atoms with Gasteiger partial charge in [-0.2, -0.15) is 0 Å². The van der Waals surface area contributed by atoms with E-state index in [2.05, 4.69) is 24.1 Å². The van der Waals surface area contributed by atoms with E-state index in [1.54, 1.807) is 12.1 Å². The first-order valence-electron chi connectivity index (χ1n) is 8.80. The van der Waals surface area contributed by atoms with Crippen LogP contribution in [-0.2, 0) is 11.3 Å². The molecule has 4 aromatic rings. The SMILES string of the molecule is CC(C)c1csc(NC(=O)Cn2c3ccccc3c(=O)c3ccccc32)n1. The van der Waals surface area contributed by atoms with Crippen LogP contribution in [0.4, 0.5) is 5.13 Å². The van der Waals surface area contributed by atoms with Crippen molar-refractivity contribution in [2.24, 2.45) is 0 Å². The highest BCUT2D eigenvalue weighted by Crippen LogP contribution is 2.22. The van der Waals surface area contributed by atoms with E-state index in [0.717, 1.165) is 16.7 Å². The van der Waals surface area contributed by atoms with Gasteiger partial charge in [0.25, 0.3) is 0 Å². The number of anilines is 1. The molecule has 2 aromatic carbocycles. The van der Waals surface area contributed by atoms with E-state index in [-0.39, 0.29) is 17.9 Å². The number of hydrogen-bond acceptors (Lipinski definition) is 4.